The van der Waals surface area contributed by atoms with E-state index < -0.39 is 0 Å². The highest BCUT2D eigenvalue weighted by molar-refractivity contribution is 5.79. The van der Waals surface area contributed by atoms with Crippen LogP contribution in [-0.2, 0) is 11.3 Å². The molecule has 3 nitrogen and oxygen atoms in total. The third-order valence-corrected chi connectivity index (χ3v) is 6.20. The van der Waals surface area contributed by atoms with Crippen LogP contribution in [0.4, 0.5) is 4.39 Å². The lowest BCUT2D eigenvalue weighted by molar-refractivity contribution is -0.127. The van der Waals surface area contributed by atoms with Crippen molar-refractivity contribution in [2.75, 3.05) is 13.6 Å². The Hall–Kier alpha value is -1.42. The topological polar surface area (TPSA) is 32.3 Å². The van der Waals surface area contributed by atoms with Crippen molar-refractivity contribution in [3.63, 3.8) is 0 Å². The van der Waals surface area contributed by atoms with E-state index in [1.165, 1.54) is 50.7 Å². The average Bonchev–Trinajstić information content (AvgIpc) is 2.44. The third-order valence-electron chi connectivity index (χ3n) is 6.20. The minimum atomic E-state index is -0.223. The van der Waals surface area contributed by atoms with Crippen LogP contribution in [0, 0.1) is 23.6 Å². The summed E-state index contributed by atoms with van der Waals surface area (Å²) in [6, 6.07) is 6.60. The number of carbonyl (C=O) groups is 1. The van der Waals surface area contributed by atoms with Gasteiger partial charge in [0.25, 0.3) is 0 Å². The summed E-state index contributed by atoms with van der Waals surface area (Å²) in [5.74, 6) is 2.40. The Labute approximate surface area is 143 Å². The van der Waals surface area contributed by atoms with Gasteiger partial charge < -0.3 is 5.32 Å². The number of halogens is 1. The summed E-state index contributed by atoms with van der Waals surface area (Å²) < 4.78 is 13.3. The number of nitrogens with zero attached hydrogens (tertiary/aromatic N) is 1. The molecular weight excluding hydrogens is 303 g/mol. The first-order valence-electron chi connectivity index (χ1n) is 9.24. The molecule has 0 atom stereocenters. The second kappa shape index (κ2) is 6.14. The second-order valence-corrected chi connectivity index (χ2v) is 8.55. The van der Waals surface area contributed by atoms with E-state index >= 15 is 0 Å². The predicted molar refractivity (Wildman–Crippen MR) is 91.8 cm³/mol. The van der Waals surface area contributed by atoms with E-state index in [1.807, 2.05) is 18.0 Å². The summed E-state index contributed by atoms with van der Waals surface area (Å²) in [5.41, 5.74) is 0.978. The number of amides is 1. The molecule has 1 amide bonds. The summed E-state index contributed by atoms with van der Waals surface area (Å²) in [6.07, 6.45) is 7.69. The van der Waals surface area contributed by atoms with Crippen molar-refractivity contribution in [3.8, 4) is 0 Å². The molecule has 0 heterocycles. The molecule has 0 spiro atoms. The Balaban J connectivity index is 1.33. The predicted octanol–water partition coefficient (Wildman–Crippen LogP) is 3.34. The fourth-order valence-corrected chi connectivity index (χ4v) is 5.85. The van der Waals surface area contributed by atoms with Crippen LogP contribution in [0.25, 0.3) is 0 Å². The summed E-state index contributed by atoms with van der Waals surface area (Å²) in [4.78, 5) is 14.5. The van der Waals surface area contributed by atoms with E-state index in [2.05, 4.69) is 5.32 Å². The van der Waals surface area contributed by atoms with Crippen LogP contribution < -0.4 is 5.32 Å². The molecule has 0 aliphatic heterocycles. The first kappa shape index (κ1) is 16.1. The molecule has 4 heteroatoms. The van der Waals surface area contributed by atoms with Gasteiger partial charge in [0.2, 0.25) is 5.91 Å². The zero-order valence-electron chi connectivity index (χ0n) is 14.4. The monoisotopic (exact) mass is 330 g/mol. The van der Waals surface area contributed by atoms with Crippen molar-refractivity contribution >= 4 is 5.91 Å². The number of nitrogens with one attached hydrogen (secondary N) is 1. The molecule has 1 N–H and O–H groups in total. The van der Waals surface area contributed by atoms with Gasteiger partial charge in [-0.3, -0.25) is 9.69 Å². The average molecular weight is 330 g/mol. The van der Waals surface area contributed by atoms with Crippen LogP contribution in [0.15, 0.2) is 24.3 Å². The van der Waals surface area contributed by atoms with Gasteiger partial charge in [-0.2, -0.15) is 0 Å². The van der Waals surface area contributed by atoms with E-state index in [0.29, 0.717) is 13.1 Å². The molecule has 4 fully saturated rings. The van der Waals surface area contributed by atoms with Gasteiger partial charge in [0.15, 0.2) is 0 Å². The largest absolute Gasteiger partial charge is 0.350 e. The van der Waals surface area contributed by atoms with Gasteiger partial charge >= 0.3 is 0 Å². The maximum absolute atomic E-state index is 13.3. The molecule has 1 aromatic carbocycles. The Bertz CT molecular complexity index is 595. The summed E-state index contributed by atoms with van der Waals surface area (Å²) in [6.45, 7) is 0.963. The smallest absolute Gasteiger partial charge is 0.234 e. The van der Waals surface area contributed by atoms with Gasteiger partial charge in [-0.05, 0) is 81.0 Å². The van der Waals surface area contributed by atoms with E-state index in [1.54, 1.807) is 6.07 Å². The van der Waals surface area contributed by atoms with Gasteiger partial charge in [-0.25, -0.2) is 4.39 Å². The van der Waals surface area contributed by atoms with Crippen molar-refractivity contribution in [2.45, 2.75) is 50.6 Å². The molecular formula is C20H27FN2O. The van der Waals surface area contributed by atoms with Crippen molar-refractivity contribution in [3.05, 3.63) is 35.6 Å². The van der Waals surface area contributed by atoms with Crippen molar-refractivity contribution in [2.24, 2.45) is 17.8 Å². The quantitative estimate of drug-likeness (QED) is 0.898. The zero-order chi connectivity index (χ0) is 16.7. The lowest BCUT2D eigenvalue weighted by Crippen LogP contribution is -2.60. The van der Waals surface area contributed by atoms with Crippen LogP contribution >= 0.6 is 0 Å². The van der Waals surface area contributed by atoms with Crippen LogP contribution in [0.2, 0.25) is 0 Å². The summed E-state index contributed by atoms with van der Waals surface area (Å²) in [7, 11) is 1.92. The number of benzene rings is 1. The molecule has 4 bridgehead atoms. The maximum Gasteiger partial charge on any atom is 0.234 e. The van der Waals surface area contributed by atoms with Gasteiger partial charge in [0, 0.05) is 12.1 Å². The van der Waals surface area contributed by atoms with Crippen LogP contribution in [0.3, 0.4) is 0 Å². The number of hydrogen-bond acceptors (Lipinski definition) is 2. The highest BCUT2D eigenvalue weighted by atomic mass is 19.1. The first-order valence-corrected chi connectivity index (χ1v) is 9.24. The molecule has 130 valence electrons. The van der Waals surface area contributed by atoms with Gasteiger partial charge in [0.05, 0.1) is 6.54 Å². The molecule has 0 radical (unpaired) electrons. The molecule has 0 unspecified atom stereocenters. The Kier molecular flexibility index (Phi) is 4.11. The van der Waals surface area contributed by atoms with Crippen LogP contribution in [0.1, 0.15) is 44.1 Å². The maximum atomic E-state index is 13.3. The zero-order valence-corrected chi connectivity index (χ0v) is 14.4. The standard InChI is InChI=1S/C20H27FN2O/c1-23(12-14-3-2-4-18(21)8-14)13-19(24)22-20-9-15-5-16(10-20)7-17(6-15)11-20/h2-4,8,15-17H,5-7,9-13H2,1H3,(H,22,24). The normalized spacial score (nSPS) is 33.9. The van der Waals surface area contributed by atoms with E-state index in [9.17, 15) is 9.18 Å². The Morgan fingerprint density at radius 2 is 1.83 bits per heavy atom. The van der Waals surface area contributed by atoms with Crippen molar-refractivity contribution < 1.29 is 9.18 Å². The van der Waals surface area contributed by atoms with Gasteiger partial charge in [0.1, 0.15) is 5.82 Å². The van der Waals surface area contributed by atoms with Crippen LogP contribution in [0.5, 0.6) is 0 Å². The molecule has 0 saturated heterocycles. The Morgan fingerprint density at radius 1 is 1.21 bits per heavy atom. The summed E-state index contributed by atoms with van der Waals surface area (Å²) in [5, 5.41) is 3.40. The first-order chi connectivity index (χ1) is 11.5. The fraction of sp³-hybridized carbons (Fsp3) is 0.650. The third kappa shape index (κ3) is 3.34. The lowest BCUT2D eigenvalue weighted by Gasteiger charge is -2.57. The minimum absolute atomic E-state index is 0.0749. The van der Waals surface area contributed by atoms with Crippen molar-refractivity contribution in [1.29, 1.82) is 0 Å². The molecule has 0 aromatic heterocycles. The fourth-order valence-electron chi connectivity index (χ4n) is 5.85. The highest BCUT2D eigenvalue weighted by Gasteiger charge is 2.51. The molecule has 4 saturated carbocycles. The number of rotatable bonds is 5. The number of carbonyl (C=O) groups excluding carboxylic acids is 1. The molecule has 4 aliphatic carbocycles. The molecule has 24 heavy (non-hydrogen) atoms. The second-order valence-electron chi connectivity index (χ2n) is 8.55. The number of likely N-dealkylation sites (N-methyl/N-ethyl adjacent to an activating group) is 1. The van der Waals surface area contributed by atoms with Gasteiger partial charge in [-0.15, -0.1) is 0 Å². The highest BCUT2D eigenvalue weighted by Crippen LogP contribution is 2.55. The SMILES string of the molecule is CN(CC(=O)NC12CC3CC(CC(C3)C1)C2)Cc1cccc(F)c1. The van der Waals surface area contributed by atoms with E-state index in [0.717, 1.165) is 23.3 Å². The summed E-state index contributed by atoms with van der Waals surface area (Å²) >= 11 is 0. The van der Waals surface area contributed by atoms with E-state index in [-0.39, 0.29) is 17.3 Å². The van der Waals surface area contributed by atoms with Crippen LogP contribution in [-0.4, -0.2) is 29.9 Å². The number of hydrogen-bond donors (Lipinski definition) is 1. The minimum Gasteiger partial charge on any atom is -0.350 e. The van der Waals surface area contributed by atoms with Gasteiger partial charge in [-0.1, -0.05) is 12.1 Å². The lowest BCUT2D eigenvalue weighted by atomic mass is 9.53. The molecule has 5 rings (SSSR count). The Morgan fingerprint density at radius 3 is 2.42 bits per heavy atom. The van der Waals surface area contributed by atoms with E-state index in [4.69, 9.17) is 0 Å². The molecule has 4 aliphatic rings. The van der Waals surface area contributed by atoms with Crippen molar-refractivity contribution in [1.82, 2.24) is 10.2 Å². The molecule has 1 aromatic rings.